The molecule has 5 aromatic rings. The van der Waals surface area contributed by atoms with Crippen molar-refractivity contribution in [1.82, 2.24) is 28.9 Å². The lowest BCUT2D eigenvalue weighted by atomic mass is 9.96. The van der Waals surface area contributed by atoms with Crippen molar-refractivity contribution in [2.45, 2.75) is 72.5 Å². The number of carboxylic acids is 2. The van der Waals surface area contributed by atoms with Gasteiger partial charge in [0, 0.05) is 12.0 Å². The lowest BCUT2D eigenvalue weighted by Gasteiger charge is -2.28. The largest absolute Gasteiger partial charge is 0.489 e. The molecule has 0 spiro atoms. The molecule has 0 radical (unpaired) electrons. The highest BCUT2D eigenvalue weighted by atomic mass is 16.5. The summed E-state index contributed by atoms with van der Waals surface area (Å²) in [4.78, 5) is 59.7. The van der Waals surface area contributed by atoms with E-state index >= 15 is 0 Å². The Morgan fingerprint density at radius 3 is 1.98 bits per heavy atom. The number of anilines is 1. The van der Waals surface area contributed by atoms with Gasteiger partial charge in [0.05, 0.1) is 46.4 Å². The zero-order chi connectivity index (χ0) is 37.1. The van der Waals surface area contributed by atoms with E-state index in [9.17, 15) is 29.4 Å². The van der Waals surface area contributed by atoms with Crippen molar-refractivity contribution in [3.63, 3.8) is 0 Å². The van der Waals surface area contributed by atoms with E-state index in [1.165, 1.54) is 24.3 Å². The molecule has 3 N–H and O–H groups in total. The van der Waals surface area contributed by atoms with Crippen molar-refractivity contribution < 1.29 is 38.9 Å². The van der Waals surface area contributed by atoms with Crippen LogP contribution in [-0.2, 0) is 17.8 Å². The maximum Gasteiger partial charge on any atom is 0.335 e. The topological polar surface area (TPSA) is 193 Å². The quantitative estimate of drug-likeness (QED) is 0.114. The Hall–Kier alpha value is -5.99. The van der Waals surface area contributed by atoms with Crippen LogP contribution in [0.1, 0.15) is 95.3 Å². The summed E-state index contributed by atoms with van der Waals surface area (Å²) in [5.41, 5.74) is 2.69. The van der Waals surface area contributed by atoms with Gasteiger partial charge in [0.1, 0.15) is 47.3 Å². The van der Waals surface area contributed by atoms with Crippen molar-refractivity contribution >= 4 is 51.6 Å². The molecule has 1 amide bonds. The fourth-order valence-electron chi connectivity index (χ4n) is 6.77. The van der Waals surface area contributed by atoms with E-state index in [-0.39, 0.29) is 54.5 Å². The highest BCUT2D eigenvalue weighted by molar-refractivity contribution is 6.00. The smallest absolute Gasteiger partial charge is 0.335 e. The van der Waals surface area contributed by atoms with E-state index in [2.05, 4.69) is 15.4 Å². The summed E-state index contributed by atoms with van der Waals surface area (Å²) in [6.45, 7) is 10.1. The number of benzene rings is 2. The molecule has 2 atom stereocenters. The van der Waals surface area contributed by atoms with Gasteiger partial charge in [-0.2, -0.15) is 5.10 Å². The molecular weight excluding hydrogens is 670 g/mol. The molecule has 7 rings (SSSR count). The summed E-state index contributed by atoms with van der Waals surface area (Å²) in [7, 11) is 0. The Morgan fingerprint density at radius 2 is 1.42 bits per heavy atom. The van der Waals surface area contributed by atoms with Gasteiger partial charge in [-0.25, -0.2) is 19.6 Å². The number of hydrogen-bond donors (Lipinski definition) is 3. The molecule has 0 fully saturated rings. The highest BCUT2D eigenvalue weighted by Gasteiger charge is 2.32. The first-order chi connectivity index (χ1) is 24.7. The number of ketones is 1. The number of carbonyl (C=O) groups is 4. The minimum Gasteiger partial charge on any atom is -0.489 e. The second-order valence-corrected chi connectivity index (χ2v) is 14.2. The van der Waals surface area contributed by atoms with Crippen LogP contribution >= 0.6 is 0 Å². The Bertz CT molecular complexity index is 2320. The van der Waals surface area contributed by atoms with Crippen LogP contribution in [0.4, 0.5) is 5.95 Å². The number of hydrogen-bond acceptors (Lipinski definition) is 9. The molecule has 0 saturated carbocycles. The summed E-state index contributed by atoms with van der Waals surface area (Å²) in [6, 6.07) is 7.16. The van der Waals surface area contributed by atoms with Crippen LogP contribution in [0.5, 0.6) is 11.5 Å². The number of rotatable bonds is 11. The zero-order valence-corrected chi connectivity index (χ0v) is 29.5. The van der Waals surface area contributed by atoms with Crippen LogP contribution in [0.3, 0.4) is 0 Å². The molecule has 2 aromatic carbocycles. The molecule has 52 heavy (non-hydrogen) atoms. The predicted octanol–water partition coefficient (Wildman–Crippen LogP) is 5.62. The maximum atomic E-state index is 13.6. The predicted molar refractivity (Wildman–Crippen MR) is 190 cm³/mol. The second-order valence-electron chi connectivity index (χ2n) is 14.2. The summed E-state index contributed by atoms with van der Waals surface area (Å²) in [5.74, 6) is -0.997. The third-order valence-corrected chi connectivity index (χ3v) is 9.36. The van der Waals surface area contributed by atoms with Crippen molar-refractivity contribution in [2.24, 2.45) is 5.41 Å². The van der Waals surface area contributed by atoms with Gasteiger partial charge < -0.3 is 24.3 Å². The molecular formula is C37H39N7O8. The number of imidazole rings is 2. The second kappa shape index (κ2) is 13.0. The Balaban J connectivity index is 1.18. The number of nitrogens with zero attached hydrogens (tertiary/aromatic N) is 6. The maximum absolute atomic E-state index is 13.6. The lowest BCUT2D eigenvalue weighted by Crippen LogP contribution is -2.31. The highest BCUT2D eigenvalue weighted by Crippen LogP contribution is 2.40. The average Bonchev–Trinajstić information content (AvgIpc) is 3.78. The van der Waals surface area contributed by atoms with Gasteiger partial charge in [0.2, 0.25) is 11.9 Å². The molecule has 15 heteroatoms. The number of ether oxygens (including phenoxy) is 2. The van der Waals surface area contributed by atoms with Crippen molar-refractivity contribution in [3.05, 3.63) is 70.8 Å². The van der Waals surface area contributed by atoms with Gasteiger partial charge in [0.15, 0.2) is 5.78 Å². The number of carboxylic acid groups (broad SMARTS) is 2. The summed E-state index contributed by atoms with van der Waals surface area (Å²) >= 11 is 0. The molecule has 270 valence electrons. The Kier molecular flexibility index (Phi) is 8.59. The standard InChI is InChI=1S/C37H39N7O8/c1-6-42-26(11-19(2)41-42)27(45)16-30-38-24-12-20(33(46)47)14-28-31(24)43(30)22(17-51-28)9-7-8-10-23-18-52-29-15-21(34(48)49)13-25-32(29)44(23)36(39-25)40-35(50)37(3,4)5/h7-8,11-15,22-23H,6,9-10,16-18H2,1-5H3,(H,46,47)(H,48,49)(H,39,40,50)/b8-7+/t22-,23-/m0/s1. The number of carbonyl (C=O) groups excluding carboxylic acids is 2. The average molecular weight is 710 g/mol. The fourth-order valence-corrected chi connectivity index (χ4v) is 6.77. The zero-order valence-electron chi connectivity index (χ0n) is 29.5. The van der Waals surface area contributed by atoms with E-state index in [1.807, 2.05) is 35.1 Å². The first-order valence-corrected chi connectivity index (χ1v) is 17.1. The van der Waals surface area contributed by atoms with Gasteiger partial charge in [-0.05, 0) is 57.0 Å². The molecule has 3 aromatic heterocycles. The number of aromatic carboxylic acids is 2. The number of nitrogens with one attached hydrogen (secondary N) is 1. The number of Topliss-reactive ketones (excluding diaryl/α,β-unsaturated/α-hetero) is 1. The first-order valence-electron chi connectivity index (χ1n) is 17.1. The molecule has 15 nitrogen and oxygen atoms in total. The summed E-state index contributed by atoms with van der Waals surface area (Å²) < 4.78 is 17.7. The summed E-state index contributed by atoms with van der Waals surface area (Å²) in [6.07, 6.45) is 5.03. The molecule has 0 bridgehead atoms. The molecule has 2 aliphatic rings. The van der Waals surface area contributed by atoms with E-state index in [0.29, 0.717) is 70.4 Å². The Labute approximate surface area is 297 Å². The van der Waals surface area contributed by atoms with Crippen LogP contribution in [0.25, 0.3) is 22.1 Å². The van der Waals surface area contributed by atoms with Gasteiger partial charge in [-0.15, -0.1) is 0 Å². The number of allylic oxidation sites excluding steroid dienone is 2. The van der Waals surface area contributed by atoms with Gasteiger partial charge in [0.25, 0.3) is 0 Å². The van der Waals surface area contributed by atoms with Crippen LogP contribution in [0.15, 0.2) is 42.5 Å². The number of aromatic nitrogens is 6. The molecule has 5 heterocycles. The molecule has 0 saturated heterocycles. The minimum atomic E-state index is -1.11. The van der Waals surface area contributed by atoms with Crippen molar-refractivity contribution in [3.8, 4) is 11.5 Å². The van der Waals surface area contributed by atoms with E-state index in [0.717, 1.165) is 5.69 Å². The van der Waals surface area contributed by atoms with Gasteiger partial charge >= 0.3 is 11.9 Å². The van der Waals surface area contributed by atoms with Crippen molar-refractivity contribution in [2.75, 3.05) is 18.5 Å². The normalized spacial score (nSPS) is 16.6. The third-order valence-electron chi connectivity index (χ3n) is 9.36. The third kappa shape index (κ3) is 6.15. The summed E-state index contributed by atoms with van der Waals surface area (Å²) in [5, 5.41) is 26.7. The van der Waals surface area contributed by atoms with E-state index in [4.69, 9.17) is 14.5 Å². The molecule has 0 aliphatic carbocycles. The van der Waals surface area contributed by atoms with Crippen LogP contribution in [-0.4, -0.2) is 75.9 Å². The van der Waals surface area contributed by atoms with Gasteiger partial charge in [-0.1, -0.05) is 32.9 Å². The monoisotopic (exact) mass is 709 g/mol. The van der Waals surface area contributed by atoms with Crippen LogP contribution in [0, 0.1) is 12.3 Å². The van der Waals surface area contributed by atoms with Crippen LogP contribution < -0.4 is 14.8 Å². The SMILES string of the molecule is CCn1nc(C)cc1C(=O)Cc1nc2cc(C(=O)O)cc3c2n1[C@@H](C/C=C/C[C@H]1COc2cc(C(=O)O)cc4nc(NC(=O)C(C)(C)C)n1c24)CO3. The first kappa shape index (κ1) is 34.5. The van der Waals surface area contributed by atoms with Crippen molar-refractivity contribution in [1.29, 1.82) is 0 Å². The lowest BCUT2D eigenvalue weighted by molar-refractivity contribution is -0.123. The van der Waals surface area contributed by atoms with Gasteiger partial charge in [-0.3, -0.25) is 24.2 Å². The molecule has 0 unspecified atom stereocenters. The van der Waals surface area contributed by atoms with E-state index in [1.54, 1.807) is 31.5 Å². The number of aryl methyl sites for hydroxylation is 2. The minimum absolute atomic E-state index is 0.00994. The fraction of sp³-hybridized carbons (Fsp3) is 0.378. The van der Waals surface area contributed by atoms with Crippen LogP contribution in [0.2, 0.25) is 0 Å². The molecule has 2 aliphatic heterocycles. The number of amides is 1. The van der Waals surface area contributed by atoms with E-state index < -0.39 is 17.4 Å². The Morgan fingerprint density at radius 1 is 0.865 bits per heavy atom.